The normalized spacial score (nSPS) is 11.4. The molecule has 0 aromatic heterocycles. The molecule has 216 valence electrons. The molecule has 37 heavy (non-hydrogen) atoms. The van der Waals surface area contributed by atoms with Crippen LogP contribution in [0.4, 0.5) is 0 Å². The van der Waals surface area contributed by atoms with Crippen LogP contribution < -0.4 is 0 Å². The second-order valence-corrected chi connectivity index (χ2v) is 12.1. The van der Waals surface area contributed by atoms with E-state index in [2.05, 4.69) is 39.0 Å². The molecular weight excluding hydrogens is 444 g/mol. The summed E-state index contributed by atoms with van der Waals surface area (Å²) in [5.41, 5.74) is 5.06. The molecule has 0 saturated carbocycles. The molecule has 0 aliphatic carbocycles. The van der Waals surface area contributed by atoms with E-state index in [-0.39, 0.29) is 0 Å². The largest absolute Gasteiger partial charge is 0.0654 e. The molecule has 1 aromatic carbocycles. The maximum atomic E-state index is 2.44. The highest BCUT2D eigenvalue weighted by molar-refractivity contribution is 5.36. The molecule has 0 heteroatoms. The Kier molecular flexibility index (Phi) is 24.8. The van der Waals surface area contributed by atoms with Crippen molar-refractivity contribution in [2.45, 2.75) is 201 Å². The smallest absolute Gasteiger partial charge is 0.0276 e. The van der Waals surface area contributed by atoms with Gasteiger partial charge in [0.15, 0.2) is 0 Å². The van der Waals surface area contributed by atoms with Crippen LogP contribution in [-0.4, -0.2) is 0 Å². The van der Waals surface area contributed by atoms with E-state index in [4.69, 9.17) is 0 Å². The van der Waals surface area contributed by atoms with Gasteiger partial charge >= 0.3 is 0 Å². The molecule has 0 spiro atoms. The lowest BCUT2D eigenvalue weighted by molar-refractivity contribution is 0.543. The van der Waals surface area contributed by atoms with Crippen molar-refractivity contribution in [3.8, 4) is 0 Å². The fourth-order valence-electron chi connectivity index (χ4n) is 6.04. The molecule has 0 unspecified atom stereocenters. The first-order valence-electron chi connectivity index (χ1n) is 17.4. The van der Waals surface area contributed by atoms with Crippen LogP contribution >= 0.6 is 0 Å². The van der Waals surface area contributed by atoms with Crippen molar-refractivity contribution in [1.82, 2.24) is 0 Å². The standard InChI is InChI=1S/C37H68/c1-4-7-9-11-13-15-17-19-21-23-25-27-31-35-33-29-34-36(37(35)30-6-3)32-28-26-24-22-20-18-16-14-12-10-8-5-2/h29,33-34H,4-28,30-32H2,1-3H3. The average Bonchev–Trinajstić information content (AvgIpc) is 2.91. The van der Waals surface area contributed by atoms with Crippen LogP contribution in [0.3, 0.4) is 0 Å². The third-order valence-corrected chi connectivity index (χ3v) is 8.47. The predicted octanol–water partition coefficient (Wildman–Crippen LogP) is 13.1. The first kappa shape index (κ1) is 34.2. The Labute approximate surface area is 235 Å². The molecule has 0 nitrogen and oxygen atoms in total. The first-order valence-corrected chi connectivity index (χ1v) is 17.4. The maximum absolute atomic E-state index is 2.44. The van der Waals surface area contributed by atoms with Crippen LogP contribution in [0.2, 0.25) is 0 Å². The van der Waals surface area contributed by atoms with Crippen molar-refractivity contribution in [2.24, 2.45) is 0 Å². The van der Waals surface area contributed by atoms with Gasteiger partial charge in [-0.15, -0.1) is 0 Å². The number of hydrogen-bond donors (Lipinski definition) is 0. The highest BCUT2D eigenvalue weighted by Gasteiger charge is 2.08. The molecule has 0 aliphatic heterocycles. The van der Waals surface area contributed by atoms with Crippen LogP contribution in [0.15, 0.2) is 18.2 Å². The van der Waals surface area contributed by atoms with Crippen molar-refractivity contribution in [2.75, 3.05) is 0 Å². The van der Waals surface area contributed by atoms with Crippen LogP contribution in [0.1, 0.15) is 198 Å². The Balaban J connectivity index is 2.14. The summed E-state index contributed by atoms with van der Waals surface area (Å²) in [6, 6.07) is 7.23. The fourth-order valence-corrected chi connectivity index (χ4v) is 6.04. The van der Waals surface area contributed by atoms with E-state index < -0.39 is 0 Å². The summed E-state index contributed by atoms with van der Waals surface area (Å²) in [4.78, 5) is 0. The van der Waals surface area contributed by atoms with E-state index >= 15 is 0 Å². The Morgan fingerprint density at radius 2 is 0.622 bits per heavy atom. The lowest BCUT2D eigenvalue weighted by atomic mass is 9.91. The van der Waals surface area contributed by atoms with Crippen LogP contribution in [-0.2, 0) is 19.3 Å². The molecule has 0 radical (unpaired) electrons. The Morgan fingerprint density at radius 3 is 0.919 bits per heavy atom. The van der Waals surface area contributed by atoms with Gasteiger partial charge in [-0.25, -0.2) is 0 Å². The molecule has 0 heterocycles. The quantitative estimate of drug-likeness (QED) is 0.0979. The van der Waals surface area contributed by atoms with E-state index in [0.29, 0.717) is 0 Å². The number of aryl methyl sites for hydroxylation is 2. The molecule has 1 aromatic rings. The topological polar surface area (TPSA) is 0 Å². The summed E-state index contributed by atoms with van der Waals surface area (Å²) in [6.07, 6.45) is 39.7. The van der Waals surface area contributed by atoms with Crippen LogP contribution in [0.5, 0.6) is 0 Å². The second kappa shape index (κ2) is 26.8. The molecule has 0 saturated heterocycles. The molecule has 0 aliphatic rings. The average molecular weight is 513 g/mol. The Morgan fingerprint density at radius 1 is 0.324 bits per heavy atom. The van der Waals surface area contributed by atoms with Gasteiger partial charge in [0.25, 0.3) is 0 Å². The van der Waals surface area contributed by atoms with Crippen LogP contribution in [0.25, 0.3) is 0 Å². The van der Waals surface area contributed by atoms with E-state index in [9.17, 15) is 0 Å². The number of rotatable bonds is 28. The fraction of sp³-hybridized carbons (Fsp3) is 0.838. The monoisotopic (exact) mass is 513 g/mol. The third kappa shape index (κ3) is 19.9. The maximum Gasteiger partial charge on any atom is -0.0276 e. The van der Waals surface area contributed by atoms with Gasteiger partial charge in [0, 0.05) is 0 Å². The van der Waals surface area contributed by atoms with Crippen LogP contribution in [0, 0.1) is 0 Å². The van der Waals surface area contributed by atoms with E-state index in [0.717, 1.165) is 0 Å². The van der Waals surface area contributed by atoms with Crippen molar-refractivity contribution in [3.63, 3.8) is 0 Å². The van der Waals surface area contributed by atoms with Gasteiger partial charge in [0.2, 0.25) is 0 Å². The summed E-state index contributed by atoms with van der Waals surface area (Å²) in [7, 11) is 0. The van der Waals surface area contributed by atoms with Gasteiger partial charge in [-0.1, -0.05) is 187 Å². The minimum Gasteiger partial charge on any atom is -0.0654 e. The van der Waals surface area contributed by atoms with Gasteiger partial charge in [0.05, 0.1) is 0 Å². The minimum atomic E-state index is 1.28. The molecule has 1 rings (SSSR count). The van der Waals surface area contributed by atoms with E-state index in [1.54, 1.807) is 16.7 Å². The molecule has 0 atom stereocenters. The van der Waals surface area contributed by atoms with E-state index in [1.165, 1.54) is 180 Å². The van der Waals surface area contributed by atoms with Gasteiger partial charge in [0.1, 0.15) is 0 Å². The van der Waals surface area contributed by atoms with E-state index in [1.807, 2.05) is 0 Å². The zero-order chi connectivity index (χ0) is 26.7. The molecule has 0 fully saturated rings. The summed E-state index contributed by atoms with van der Waals surface area (Å²) < 4.78 is 0. The zero-order valence-electron chi connectivity index (χ0n) is 26.0. The summed E-state index contributed by atoms with van der Waals surface area (Å²) in [5.74, 6) is 0. The lowest BCUT2D eigenvalue weighted by Crippen LogP contribution is -2.01. The molecule has 0 bridgehead atoms. The van der Waals surface area contributed by atoms with Crippen molar-refractivity contribution in [1.29, 1.82) is 0 Å². The highest BCUT2D eigenvalue weighted by atomic mass is 14.1. The number of unbranched alkanes of at least 4 members (excludes halogenated alkanes) is 22. The minimum absolute atomic E-state index is 1.28. The van der Waals surface area contributed by atoms with Crippen molar-refractivity contribution in [3.05, 3.63) is 34.9 Å². The summed E-state index contributed by atoms with van der Waals surface area (Å²) in [6.45, 7) is 6.97. The molecule has 0 amide bonds. The Bertz CT molecular complexity index is 539. The predicted molar refractivity (Wildman–Crippen MR) is 170 cm³/mol. The van der Waals surface area contributed by atoms with Gasteiger partial charge < -0.3 is 0 Å². The van der Waals surface area contributed by atoms with Crippen molar-refractivity contribution < 1.29 is 0 Å². The Hall–Kier alpha value is -0.780. The number of benzene rings is 1. The summed E-state index contributed by atoms with van der Waals surface area (Å²) in [5, 5.41) is 0. The highest BCUT2D eigenvalue weighted by Crippen LogP contribution is 2.23. The number of hydrogen-bond acceptors (Lipinski definition) is 0. The lowest BCUT2D eigenvalue weighted by Gasteiger charge is -2.15. The first-order chi connectivity index (χ1) is 18.3. The van der Waals surface area contributed by atoms with Gasteiger partial charge in [-0.3, -0.25) is 0 Å². The molecule has 0 N–H and O–H groups in total. The van der Waals surface area contributed by atoms with Crippen molar-refractivity contribution >= 4 is 0 Å². The SMILES string of the molecule is CCCCCCCCCCCCCCc1cccc(CCCCCCCCCCCCCC)c1CCC. The van der Waals surface area contributed by atoms with Gasteiger partial charge in [-0.05, 0) is 48.8 Å². The molecular formula is C37H68. The van der Waals surface area contributed by atoms with Gasteiger partial charge in [-0.2, -0.15) is 0 Å². The zero-order valence-corrected chi connectivity index (χ0v) is 26.0. The second-order valence-electron chi connectivity index (χ2n) is 12.1. The third-order valence-electron chi connectivity index (χ3n) is 8.47. The summed E-state index contributed by atoms with van der Waals surface area (Å²) >= 11 is 0.